The maximum atomic E-state index is 12.6. The van der Waals surface area contributed by atoms with Gasteiger partial charge in [-0.3, -0.25) is 14.4 Å². The number of methoxy groups -OCH3 is 1. The van der Waals surface area contributed by atoms with Gasteiger partial charge < -0.3 is 10.1 Å². The Morgan fingerprint density at radius 3 is 2.28 bits per heavy atom. The van der Waals surface area contributed by atoms with Crippen LogP contribution in [0, 0.1) is 0 Å². The maximum absolute atomic E-state index is 12.6. The molecule has 2 atom stereocenters. The second kappa shape index (κ2) is 10.6. The van der Waals surface area contributed by atoms with Crippen LogP contribution in [0.25, 0.3) is 0 Å². The van der Waals surface area contributed by atoms with Crippen molar-refractivity contribution in [2.24, 2.45) is 0 Å². The van der Waals surface area contributed by atoms with Gasteiger partial charge in [-0.05, 0) is 11.6 Å². The molecule has 6 nitrogen and oxygen atoms in total. The molecule has 152 valence electrons. The molecule has 1 N–H and O–H groups in total. The summed E-state index contributed by atoms with van der Waals surface area (Å²) in [5.74, 6) is -1.52. The van der Waals surface area contributed by atoms with Crippen molar-refractivity contribution in [3.8, 4) is 0 Å². The second-order valence-electron chi connectivity index (χ2n) is 6.45. The van der Waals surface area contributed by atoms with Gasteiger partial charge in [0.25, 0.3) is 0 Å². The van der Waals surface area contributed by atoms with E-state index in [2.05, 4.69) is 10.1 Å². The zero-order valence-corrected chi connectivity index (χ0v) is 17.3. The summed E-state index contributed by atoms with van der Waals surface area (Å²) < 4.78 is 4.66. The van der Waals surface area contributed by atoms with Crippen LogP contribution in [0.2, 0.25) is 0 Å². The zero-order chi connectivity index (χ0) is 21.4. The average molecular weight is 413 g/mol. The molecular formula is C22H23NO5S. The van der Waals surface area contributed by atoms with E-state index in [-0.39, 0.29) is 22.6 Å². The molecule has 0 spiro atoms. The van der Waals surface area contributed by atoms with Crippen molar-refractivity contribution in [2.75, 3.05) is 12.9 Å². The average Bonchev–Trinajstić information content (AvgIpc) is 2.75. The molecular weight excluding hydrogens is 390 g/mol. The highest BCUT2D eigenvalue weighted by atomic mass is 32.2. The first-order chi connectivity index (χ1) is 13.8. The molecule has 0 bridgehead atoms. The molecule has 0 fully saturated rings. The van der Waals surface area contributed by atoms with Crippen LogP contribution in [0.4, 0.5) is 0 Å². The Balaban J connectivity index is 2.08. The lowest BCUT2D eigenvalue weighted by Gasteiger charge is -2.16. The minimum atomic E-state index is -0.898. The molecule has 0 saturated heterocycles. The fourth-order valence-corrected chi connectivity index (χ4v) is 3.62. The predicted molar refractivity (Wildman–Crippen MR) is 112 cm³/mol. The molecule has 7 heteroatoms. The number of benzene rings is 2. The van der Waals surface area contributed by atoms with E-state index >= 15 is 0 Å². The van der Waals surface area contributed by atoms with Crippen molar-refractivity contribution in [2.45, 2.75) is 25.8 Å². The highest BCUT2D eigenvalue weighted by Gasteiger charge is 2.24. The zero-order valence-electron chi connectivity index (χ0n) is 16.5. The Hall–Kier alpha value is -2.93. The van der Waals surface area contributed by atoms with Crippen LogP contribution in [-0.4, -0.2) is 41.7 Å². The SMILES string of the molecule is COC(=O)[C@@H](CSC(=O)[C@H](C)c1cccc(C(=O)c2ccccc2)c1)NC(C)=O. The van der Waals surface area contributed by atoms with E-state index in [1.54, 1.807) is 55.5 Å². The standard InChI is InChI=1S/C22H23NO5S/c1-14(22(27)29-13-19(21(26)28-3)23-15(2)24)17-10-7-11-18(12-17)20(25)16-8-5-4-6-9-16/h4-12,14,19H,13H2,1-3H3,(H,23,24)/t14-,19-/m1/s1. The molecule has 2 aromatic carbocycles. The highest BCUT2D eigenvalue weighted by Crippen LogP contribution is 2.24. The summed E-state index contributed by atoms with van der Waals surface area (Å²) in [4.78, 5) is 48.2. The Bertz CT molecular complexity index is 897. The van der Waals surface area contributed by atoms with E-state index in [0.29, 0.717) is 16.7 Å². The largest absolute Gasteiger partial charge is 0.467 e. The minimum Gasteiger partial charge on any atom is -0.467 e. The van der Waals surface area contributed by atoms with Gasteiger partial charge in [-0.25, -0.2) is 4.79 Å². The van der Waals surface area contributed by atoms with Crippen molar-refractivity contribution in [3.63, 3.8) is 0 Å². The third kappa shape index (κ3) is 6.29. The summed E-state index contributed by atoms with van der Waals surface area (Å²) in [5, 5.41) is 2.30. The van der Waals surface area contributed by atoms with Crippen LogP contribution in [0.3, 0.4) is 0 Å². The number of hydrogen-bond donors (Lipinski definition) is 1. The number of ether oxygens (including phenoxy) is 1. The van der Waals surface area contributed by atoms with Gasteiger partial charge in [0.05, 0.1) is 13.0 Å². The van der Waals surface area contributed by atoms with E-state index < -0.39 is 17.9 Å². The number of esters is 1. The van der Waals surface area contributed by atoms with E-state index in [4.69, 9.17) is 0 Å². The van der Waals surface area contributed by atoms with Gasteiger partial charge in [-0.2, -0.15) is 0 Å². The summed E-state index contributed by atoms with van der Waals surface area (Å²) in [5.41, 5.74) is 1.79. The number of amides is 1. The van der Waals surface area contributed by atoms with Crippen LogP contribution < -0.4 is 5.32 Å². The number of ketones is 1. The van der Waals surface area contributed by atoms with Gasteiger partial charge in [0, 0.05) is 23.8 Å². The Kier molecular flexibility index (Phi) is 8.15. The van der Waals surface area contributed by atoms with E-state index in [1.807, 2.05) is 6.07 Å². The van der Waals surface area contributed by atoms with Gasteiger partial charge in [-0.1, -0.05) is 67.2 Å². The Labute approximate surface area is 174 Å². The monoisotopic (exact) mass is 413 g/mol. The molecule has 1 amide bonds. The van der Waals surface area contributed by atoms with Crippen LogP contribution in [0.5, 0.6) is 0 Å². The highest BCUT2D eigenvalue weighted by molar-refractivity contribution is 8.13. The molecule has 0 saturated carbocycles. The molecule has 29 heavy (non-hydrogen) atoms. The lowest BCUT2D eigenvalue weighted by atomic mass is 9.96. The number of rotatable bonds is 8. The van der Waals surface area contributed by atoms with Crippen molar-refractivity contribution in [3.05, 3.63) is 71.3 Å². The molecule has 0 radical (unpaired) electrons. The minimum absolute atomic E-state index is 0.0675. The molecule has 2 rings (SSSR count). The molecule has 0 unspecified atom stereocenters. The van der Waals surface area contributed by atoms with E-state index in [0.717, 1.165) is 11.8 Å². The van der Waals surface area contributed by atoms with Gasteiger partial charge in [-0.15, -0.1) is 0 Å². The summed E-state index contributed by atoms with van der Waals surface area (Å²) in [7, 11) is 1.22. The van der Waals surface area contributed by atoms with Crippen LogP contribution >= 0.6 is 11.8 Å². The lowest BCUT2D eigenvalue weighted by Crippen LogP contribution is -2.42. The lowest BCUT2D eigenvalue weighted by molar-refractivity contribution is -0.144. The first-order valence-corrected chi connectivity index (χ1v) is 10.0. The molecule has 0 aliphatic carbocycles. The van der Waals surface area contributed by atoms with E-state index in [9.17, 15) is 19.2 Å². The van der Waals surface area contributed by atoms with E-state index in [1.165, 1.54) is 14.0 Å². The summed E-state index contributed by atoms with van der Waals surface area (Å²) in [6.45, 7) is 3.04. The van der Waals surface area contributed by atoms with Gasteiger partial charge in [0.1, 0.15) is 6.04 Å². The number of carbonyl (C=O) groups is 4. The third-order valence-corrected chi connectivity index (χ3v) is 5.43. The van der Waals surface area contributed by atoms with Crippen LogP contribution in [0.1, 0.15) is 41.3 Å². The number of thioether (sulfide) groups is 1. The molecule has 2 aromatic rings. The fraction of sp³-hybridized carbons (Fsp3) is 0.273. The quantitative estimate of drug-likeness (QED) is 0.529. The molecule has 0 aromatic heterocycles. The number of nitrogens with one attached hydrogen (secondary N) is 1. The topological polar surface area (TPSA) is 89.5 Å². The van der Waals surface area contributed by atoms with Crippen molar-refractivity contribution in [1.82, 2.24) is 5.32 Å². The fourth-order valence-electron chi connectivity index (χ4n) is 2.69. The molecule has 0 aliphatic rings. The Morgan fingerprint density at radius 1 is 1.00 bits per heavy atom. The molecule has 0 heterocycles. The first kappa shape index (κ1) is 22.4. The normalized spacial score (nSPS) is 12.5. The van der Waals surface area contributed by atoms with Gasteiger partial charge in [0.2, 0.25) is 5.91 Å². The Morgan fingerprint density at radius 2 is 1.66 bits per heavy atom. The summed E-state index contributed by atoms with van der Waals surface area (Å²) in [6.07, 6.45) is 0. The first-order valence-electron chi connectivity index (χ1n) is 9.04. The van der Waals surface area contributed by atoms with Crippen molar-refractivity contribution < 1.29 is 23.9 Å². The van der Waals surface area contributed by atoms with Gasteiger partial charge in [0.15, 0.2) is 10.9 Å². The van der Waals surface area contributed by atoms with Crippen LogP contribution in [-0.2, 0) is 19.1 Å². The third-order valence-electron chi connectivity index (χ3n) is 4.29. The number of carbonyl (C=O) groups excluding carboxylic acids is 4. The van der Waals surface area contributed by atoms with Crippen molar-refractivity contribution in [1.29, 1.82) is 0 Å². The second-order valence-corrected chi connectivity index (χ2v) is 7.47. The maximum Gasteiger partial charge on any atom is 0.329 e. The summed E-state index contributed by atoms with van der Waals surface area (Å²) in [6, 6.07) is 15.0. The predicted octanol–water partition coefficient (Wildman–Crippen LogP) is 2.96. The van der Waals surface area contributed by atoms with Crippen molar-refractivity contribution >= 4 is 34.5 Å². The number of hydrogen-bond acceptors (Lipinski definition) is 6. The molecule has 0 aliphatic heterocycles. The smallest absolute Gasteiger partial charge is 0.329 e. The summed E-state index contributed by atoms with van der Waals surface area (Å²) >= 11 is 0.944. The van der Waals surface area contributed by atoms with Gasteiger partial charge >= 0.3 is 5.97 Å². The van der Waals surface area contributed by atoms with Crippen LogP contribution in [0.15, 0.2) is 54.6 Å².